The van der Waals surface area contributed by atoms with Gasteiger partial charge in [-0.25, -0.2) is 0 Å². The summed E-state index contributed by atoms with van der Waals surface area (Å²) >= 11 is 0. The highest BCUT2D eigenvalue weighted by molar-refractivity contribution is 5.83. The van der Waals surface area contributed by atoms with Gasteiger partial charge in [-0.15, -0.1) is 0 Å². The second-order valence-corrected chi connectivity index (χ2v) is 5.77. The molecule has 0 aromatic heterocycles. The predicted molar refractivity (Wildman–Crippen MR) is 73.5 cm³/mol. The first kappa shape index (κ1) is 13.8. The lowest BCUT2D eigenvalue weighted by atomic mass is 9.83. The summed E-state index contributed by atoms with van der Waals surface area (Å²) in [5.41, 5.74) is -0.144. The Labute approximate surface area is 110 Å². The molecular weight excluding hydrogens is 226 g/mol. The Morgan fingerprint density at radius 2 is 2.33 bits per heavy atom. The lowest BCUT2D eigenvalue weighted by Crippen LogP contribution is -2.52. The monoisotopic (exact) mass is 253 g/mol. The maximum Gasteiger partial charge on any atom is 0.227 e. The van der Waals surface area contributed by atoms with Gasteiger partial charge in [-0.3, -0.25) is 4.79 Å². The fourth-order valence-electron chi connectivity index (χ4n) is 3.20. The molecule has 4 nitrogen and oxygen atoms in total. The van der Waals surface area contributed by atoms with E-state index in [0.717, 1.165) is 45.4 Å². The van der Waals surface area contributed by atoms with Gasteiger partial charge >= 0.3 is 0 Å². The molecule has 0 aromatic rings. The summed E-state index contributed by atoms with van der Waals surface area (Å²) in [4.78, 5) is 14.9. The Bertz CT molecular complexity index is 287. The van der Waals surface area contributed by atoms with Gasteiger partial charge in [-0.05, 0) is 45.3 Å². The number of hydrogen-bond donors (Lipinski definition) is 2. The van der Waals surface area contributed by atoms with Crippen LogP contribution in [0.2, 0.25) is 0 Å². The molecule has 2 unspecified atom stereocenters. The molecule has 4 heteroatoms. The molecule has 0 aliphatic carbocycles. The van der Waals surface area contributed by atoms with Crippen molar-refractivity contribution < 1.29 is 4.79 Å². The second-order valence-electron chi connectivity index (χ2n) is 5.77. The number of piperidine rings is 1. The molecule has 2 rings (SSSR count). The molecule has 2 atom stereocenters. The molecule has 18 heavy (non-hydrogen) atoms. The number of hydrogen-bond acceptors (Lipinski definition) is 3. The summed E-state index contributed by atoms with van der Waals surface area (Å²) in [7, 11) is 0. The van der Waals surface area contributed by atoms with Crippen LogP contribution in [0, 0.1) is 5.41 Å². The van der Waals surface area contributed by atoms with Crippen LogP contribution in [0.3, 0.4) is 0 Å². The minimum absolute atomic E-state index is 0.144. The Kier molecular flexibility index (Phi) is 4.62. The van der Waals surface area contributed by atoms with Crippen LogP contribution < -0.4 is 10.6 Å². The molecule has 2 saturated heterocycles. The predicted octanol–water partition coefficient (Wildman–Crippen LogP) is 0.977. The van der Waals surface area contributed by atoms with Crippen LogP contribution in [-0.2, 0) is 4.79 Å². The maximum absolute atomic E-state index is 12.5. The summed E-state index contributed by atoms with van der Waals surface area (Å²) in [5, 5.41) is 6.63. The van der Waals surface area contributed by atoms with Gasteiger partial charge in [0.15, 0.2) is 0 Å². The SMILES string of the molecule is CCN1CCCC(NC(=O)C2(CC)CCNC2)C1. The Morgan fingerprint density at radius 3 is 2.94 bits per heavy atom. The summed E-state index contributed by atoms with van der Waals surface area (Å²) < 4.78 is 0. The summed E-state index contributed by atoms with van der Waals surface area (Å²) in [6.45, 7) is 9.45. The molecule has 0 radical (unpaired) electrons. The van der Waals surface area contributed by atoms with Crippen molar-refractivity contribution in [3.8, 4) is 0 Å². The van der Waals surface area contributed by atoms with E-state index in [1.54, 1.807) is 0 Å². The third-order valence-corrected chi connectivity index (χ3v) is 4.69. The lowest BCUT2D eigenvalue weighted by molar-refractivity contribution is -0.131. The van der Waals surface area contributed by atoms with E-state index in [2.05, 4.69) is 29.4 Å². The molecule has 2 fully saturated rings. The van der Waals surface area contributed by atoms with E-state index in [1.807, 2.05) is 0 Å². The molecule has 0 bridgehead atoms. The van der Waals surface area contributed by atoms with Gasteiger partial charge in [-0.1, -0.05) is 13.8 Å². The van der Waals surface area contributed by atoms with Crippen LogP contribution in [0.4, 0.5) is 0 Å². The van der Waals surface area contributed by atoms with E-state index in [9.17, 15) is 4.79 Å². The number of carbonyl (C=O) groups is 1. The number of rotatable bonds is 4. The number of likely N-dealkylation sites (tertiary alicyclic amines) is 1. The normalized spacial score (nSPS) is 33.6. The largest absolute Gasteiger partial charge is 0.352 e. The fraction of sp³-hybridized carbons (Fsp3) is 0.929. The van der Waals surface area contributed by atoms with Crippen LogP contribution in [0.1, 0.15) is 39.5 Å². The highest BCUT2D eigenvalue weighted by atomic mass is 16.2. The molecule has 104 valence electrons. The second kappa shape index (κ2) is 6.02. The van der Waals surface area contributed by atoms with Crippen molar-refractivity contribution in [2.75, 3.05) is 32.7 Å². The van der Waals surface area contributed by atoms with Crippen molar-refractivity contribution in [1.29, 1.82) is 0 Å². The Hall–Kier alpha value is -0.610. The lowest BCUT2D eigenvalue weighted by Gasteiger charge is -2.35. The van der Waals surface area contributed by atoms with Crippen LogP contribution >= 0.6 is 0 Å². The molecule has 1 amide bonds. The molecule has 2 aliphatic heterocycles. The van der Waals surface area contributed by atoms with Gasteiger partial charge in [0.2, 0.25) is 5.91 Å². The quantitative estimate of drug-likeness (QED) is 0.785. The van der Waals surface area contributed by atoms with Crippen LogP contribution in [0.25, 0.3) is 0 Å². The number of nitrogens with one attached hydrogen (secondary N) is 2. The van der Waals surface area contributed by atoms with Gasteiger partial charge in [0, 0.05) is 19.1 Å². The molecule has 0 spiro atoms. The molecule has 0 aromatic carbocycles. The van der Waals surface area contributed by atoms with E-state index in [4.69, 9.17) is 0 Å². The smallest absolute Gasteiger partial charge is 0.227 e. The Balaban J connectivity index is 1.90. The minimum atomic E-state index is -0.144. The molecule has 2 N–H and O–H groups in total. The average Bonchev–Trinajstić information content (AvgIpc) is 2.89. The van der Waals surface area contributed by atoms with Gasteiger partial charge in [0.25, 0.3) is 0 Å². The van der Waals surface area contributed by atoms with Crippen molar-refractivity contribution in [3.63, 3.8) is 0 Å². The van der Waals surface area contributed by atoms with Crippen LogP contribution in [0.5, 0.6) is 0 Å². The number of nitrogens with zero attached hydrogens (tertiary/aromatic N) is 1. The molecular formula is C14H27N3O. The first-order valence-electron chi connectivity index (χ1n) is 7.44. The van der Waals surface area contributed by atoms with E-state index >= 15 is 0 Å². The Morgan fingerprint density at radius 1 is 1.50 bits per heavy atom. The zero-order chi connectivity index (χ0) is 13.0. The van der Waals surface area contributed by atoms with E-state index in [0.29, 0.717) is 6.04 Å². The molecule has 2 heterocycles. The van der Waals surface area contributed by atoms with E-state index in [-0.39, 0.29) is 11.3 Å². The third-order valence-electron chi connectivity index (χ3n) is 4.69. The van der Waals surface area contributed by atoms with Gasteiger partial charge < -0.3 is 15.5 Å². The first-order valence-corrected chi connectivity index (χ1v) is 7.44. The van der Waals surface area contributed by atoms with Crippen molar-refractivity contribution in [1.82, 2.24) is 15.5 Å². The van der Waals surface area contributed by atoms with Crippen molar-refractivity contribution in [2.45, 2.75) is 45.6 Å². The van der Waals surface area contributed by atoms with Crippen molar-refractivity contribution in [3.05, 3.63) is 0 Å². The summed E-state index contributed by atoms with van der Waals surface area (Å²) in [6, 6.07) is 0.357. The van der Waals surface area contributed by atoms with E-state index < -0.39 is 0 Å². The average molecular weight is 253 g/mol. The topological polar surface area (TPSA) is 44.4 Å². The van der Waals surface area contributed by atoms with Gasteiger partial charge in [0.05, 0.1) is 5.41 Å². The zero-order valence-corrected chi connectivity index (χ0v) is 11.8. The summed E-state index contributed by atoms with van der Waals surface area (Å²) in [6.07, 6.45) is 4.27. The van der Waals surface area contributed by atoms with Crippen LogP contribution in [0.15, 0.2) is 0 Å². The first-order chi connectivity index (χ1) is 8.70. The minimum Gasteiger partial charge on any atom is -0.352 e. The summed E-state index contributed by atoms with van der Waals surface area (Å²) in [5.74, 6) is 0.276. The van der Waals surface area contributed by atoms with Gasteiger partial charge in [-0.2, -0.15) is 0 Å². The maximum atomic E-state index is 12.5. The van der Waals surface area contributed by atoms with Gasteiger partial charge in [0.1, 0.15) is 0 Å². The number of amides is 1. The van der Waals surface area contributed by atoms with Crippen LogP contribution in [-0.4, -0.2) is 49.6 Å². The third kappa shape index (κ3) is 2.86. The van der Waals surface area contributed by atoms with Crippen molar-refractivity contribution >= 4 is 5.91 Å². The zero-order valence-electron chi connectivity index (χ0n) is 11.8. The number of carbonyl (C=O) groups excluding carboxylic acids is 1. The molecule has 0 saturated carbocycles. The highest BCUT2D eigenvalue weighted by Crippen LogP contribution is 2.30. The highest BCUT2D eigenvalue weighted by Gasteiger charge is 2.40. The fourth-order valence-corrected chi connectivity index (χ4v) is 3.20. The van der Waals surface area contributed by atoms with Crippen molar-refractivity contribution in [2.24, 2.45) is 5.41 Å². The molecule has 2 aliphatic rings. The standard InChI is InChI=1S/C14H27N3O/c1-3-14(7-8-15-11-14)13(18)16-12-6-5-9-17(4-2)10-12/h12,15H,3-11H2,1-2H3,(H,16,18). The van der Waals surface area contributed by atoms with E-state index in [1.165, 1.54) is 13.0 Å². The number of likely N-dealkylation sites (N-methyl/N-ethyl adjacent to an activating group) is 1.